The molecular weight excluding hydrogens is 444 g/mol. The number of pyridine rings is 2. The molecule has 10 nitrogen and oxygen atoms in total. The molecule has 164 valence electrons. The summed E-state index contributed by atoms with van der Waals surface area (Å²) in [5.74, 6) is -0.242. The maximum Gasteiger partial charge on any atom is 0.312 e. The molecule has 0 saturated heterocycles. The molecule has 0 aromatic carbocycles. The standard InChI is InChI=1S/C22H17ClN8O2/c1-12-13(4-2-7-24-12)20-27-28-21(33-20)22(32)30-9-6-15-18(26-11-25-15)19(30)16-10-17-14(23)5-3-8-31(17)29-16/h2-5,7-8,10-11,19H,6,9H2,1H3,(H,25,26)/t19-/m0/s1. The number of aromatic nitrogens is 7. The Kier molecular flexibility index (Phi) is 4.47. The zero-order valence-electron chi connectivity index (χ0n) is 17.4. The van der Waals surface area contributed by atoms with Crippen LogP contribution >= 0.6 is 11.6 Å². The Bertz CT molecular complexity index is 1500. The molecule has 1 amide bonds. The topological polar surface area (TPSA) is 118 Å². The maximum absolute atomic E-state index is 13.5. The van der Waals surface area contributed by atoms with E-state index >= 15 is 0 Å². The van der Waals surface area contributed by atoms with Crippen molar-refractivity contribution in [2.24, 2.45) is 0 Å². The van der Waals surface area contributed by atoms with Gasteiger partial charge >= 0.3 is 11.8 Å². The Balaban J connectivity index is 1.41. The number of imidazole rings is 1. The summed E-state index contributed by atoms with van der Waals surface area (Å²) in [4.78, 5) is 27.1. The lowest BCUT2D eigenvalue weighted by Crippen LogP contribution is -2.41. The number of halogens is 1. The number of H-pyrrole nitrogens is 1. The van der Waals surface area contributed by atoms with Crippen molar-refractivity contribution in [1.82, 2.24) is 39.7 Å². The molecule has 5 aromatic heterocycles. The molecule has 1 aliphatic heterocycles. The van der Waals surface area contributed by atoms with Gasteiger partial charge in [0.1, 0.15) is 6.04 Å². The first-order chi connectivity index (χ1) is 16.1. The number of rotatable bonds is 3. The van der Waals surface area contributed by atoms with Crippen LogP contribution in [0.4, 0.5) is 0 Å². The molecular formula is C22H17ClN8O2. The summed E-state index contributed by atoms with van der Waals surface area (Å²) in [5.41, 5.74) is 4.51. The second-order valence-corrected chi connectivity index (χ2v) is 8.13. The lowest BCUT2D eigenvalue weighted by Gasteiger charge is -2.32. The molecule has 1 N–H and O–H groups in total. The van der Waals surface area contributed by atoms with Gasteiger partial charge in [-0.15, -0.1) is 10.2 Å². The van der Waals surface area contributed by atoms with Gasteiger partial charge in [0.05, 0.1) is 33.8 Å². The molecule has 0 spiro atoms. The first kappa shape index (κ1) is 19.6. The van der Waals surface area contributed by atoms with E-state index in [9.17, 15) is 4.79 Å². The lowest BCUT2D eigenvalue weighted by atomic mass is 9.99. The van der Waals surface area contributed by atoms with Crippen molar-refractivity contribution >= 4 is 23.0 Å². The number of carbonyl (C=O) groups is 1. The number of aromatic amines is 1. The Morgan fingerprint density at radius 3 is 3.00 bits per heavy atom. The fraction of sp³-hybridized carbons (Fsp3) is 0.182. The van der Waals surface area contributed by atoms with Gasteiger partial charge in [-0.05, 0) is 37.3 Å². The fourth-order valence-electron chi connectivity index (χ4n) is 4.18. The van der Waals surface area contributed by atoms with Crippen molar-refractivity contribution in [2.45, 2.75) is 19.4 Å². The van der Waals surface area contributed by atoms with Gasteiger partial charge in [0.15, 0.2) is 0 Å². The van der Waals surface area contributed by atoms with Gasteiger partial charge in [0.25, 0.3) is 0 Å². The number of amides is 1. The predicted octanol–water partition coefficient (Wildman–Crippen LogP) is 3.25. The molecule has 6 heterocycles. The van der Waals surface area contributed by atoms with E-state index in [4.69, 9.17) is 16.0 Å². The quantitative estimate of drug-likeness (QED) is 0.439. The highest BCUT2D eigenvalue weighted by Gasteiger charge is 2.38. The van der Waals surface area contributed by atoms with E-state index < -0.39 is 11.9 Å². The van der Waals surface area contributed by atoms with Gasteiger partial charge in [-0.2, -0.15) is 5.10 Å². The van der Waals surface area contributed by atoms with E-state index in [0.717, 1.165) is 22.6 Å². The molecule has 0 aliphatic carbocycles. The largest absolute Gasteiger partial charge is 0.412 e. The van der Waals surface area contributed by atoms with Crippen molar-refractivity contribution in [1.29, 1.82) is 0 Å². The molecule has 0 fully saturated rings. The molecule has 1 aliphatic rings. The average molecular weight is 461 g/mol. The van der Waals surface area contributed by atoms with E-state index in [1.807, 2.05) is 31.3 Å². The van der Waals surface area contributed by atoms with Gasteiger partial charge in [-0.25, -0.2) is 9.50 Å². The molecule has 0 radical (unpaired) electrons. The first-order valence-electron chi connectivity index (χ1n) is 10.3. The normalized spacial score (nSPS) is 15.7. The number of nitrogens with zero attached hydrogens (tertiary/aromatic N) is 7. The van der Waals surface area contributed by atoms with Crippen molar-refractivity contribution in [2.75, 3.05) is 6.54 Å². The smallest absolute Gasteiger partial charge is 0.312 e. The monoisotopic (exact) mass is 460 g/mol. The highest BCUT2D eigenvalue weighted by atomic mass is 35.5. The van der Waals surface area contributed by atoms with E-state index in [1.165, 1.54) is 0 Å². The van der Waals surface area contributed by atoms with Gasteiger partial charge in [0.2, 0.25) is 5.89 Å². The van der Waals surface area contributed by atoms with Crippen LogP contribution in [-0.4, -0.2) is 52.1 Å². The number of fused-ring (bicyclic) bond motifs is 2. The van der Waals surface area contributed by atoms with Crippen LogP contribution in [0.15, 0.2) is 53.5 Å². The van der Waals surface area contributed by atoms with Crippen LogP contribution in [0.3, 0.4) is 0 Å². The zero-order valence-corrected chi connectivity index (χ0v) is 18.2. The molecule has 11 heteroatoms. The van der Waals surface area contributed by atoms with Crippen LogP contribution in [-0.2, 0) is 6.42 Å². The number of carbonyl (C=O) groups excluding carboxylic acids is 1. The van der Waals surface area contributed by atoms with Crippen LogP contribution in [0.2, 0.25) is 5.02 Å². The molecule has 5 aromatic rings. The summed E-state index contributed by atoms with van der Waals surface area (Å²) in [5, 5.41) is 13.4. The van der Waals surface area contributed by atoms with Gasteiger partial charge in [-0.1, -0.05) is 11.6 Å². The number of aryl methyl sites for hydroxylation is 1. The van der Waals surface area contributed by atoms with Gasteiger partial charge < -0.3 is 14.3 Å². The summed E-state index contributed by atoms with van der Waals surface area (Å²) < 4.78 is 7.46. The zero-order chi connectivity index (χ0) is 22.5. The van der Waals surface area contributed by atoms with E-state index in [-0.39, 0.29) is 11.8 Å². The molecule has 6 rings (SSSR count). The summed E-state index contributed by atoms with van der Waals surface area (Å²) in [6.07, 6.45) is 5.74. The molecule has 0 saturated carbocycles. The minimum atomic E-state index is -0.529. The summed E-state index contributed by atoms with van der Waals surface area (Å²) >= 11 is 6.36. The van der Waals surface area contributed by atoms with Crippen LogP contribution in [0, 0.1) is 6.92 Å². The molecule has 0 bridgehead atoms. The minimum absolute atomic E-state index is 0.0981. The predicted molar refractivity (Wildman–Crippen MR) is 118 cm³/mol. The average Bonchev–Trinajstić information content (AvgIpc) is 3.57. The Labute approximate surface area is 192 Å². The minimum Gasteiger partial charge on any atom is -0.412 e. The Hall–Kier alpha value is -4.05. The van der Waals surface area contributed by atoms with Crippen molar-refractivity contribution in [3.63, 3.8) is 0 Å². The maximum atomic E-state index is 13.5. The van der Waals surface area contributed by atoms with E-state index in [1.54, 1.807) is 34.1 Å². The van der Waals surface area contributed by atoms with Crippen molar-refractivity contribution in [3.8, 4) is 11.5 Å². The van der Waals surface area contributed by atoms with Crippen LogP contribution in [0.25, 0.3) is 17.0 Å². The fourth-order valence-corrected chi connectivity index (χ4v) is 4.39. The van der Waals surface area contributed by atoms with Crippen LogP contribution in [0.1, 0.15) is 39.5 Å². The summed E-state index contributed by atoms with van der Waals surface area (Å²) in [6.45, 7) is 2.28. The number of hydrogen-bond donors (Lipinski definition) is 1. The van der Waals surface area contributed by atoms with Gasteiger partial charge in [-0.3, -0.25) is 9.78 Å². The highest BCUT2D eigenvalue weighted by Crippen LogP contribution is 2.35. The molecule has 0 unspecified atom stereocenters. The second-order valence-electron chi connectivity index (χ2n) is 7.72. The van der Waals surface area contributed by atoms with E-state index in [2.05, 4.69) is 30.2 Å². The highest BCUT2D eigenvalue weighted by molar-refractivity contribution is 6.33. The number of nitrogens with one attached hydrogen (secondary N) is 1. The summed E-state index contributed by atoms with van der Waals surface area (Å²) in [7, 11) is 0. The third-order valence-corrected chi connectivity index (χ3v) is 6.10. The number of hydrogen-bond acceptors (Lipinski definition) is 7. The second kappa shape index (κ2) is 7.52. The van der Waals surface area contributed by atoms with Crippen molar-refractivity contribution in [3.05, 3.63) is 82.7 Å². The van der Waals surface area contributed by atoms with E-state index in [0.29, 0.717) is 29.2 Å². The summed E-state index contributed by atoms with van der Waals surface area (Å²) in [6, 6.07) is 8.56. The van der Waals surface area contributed by atoms with Gasteiger partial charge in [0, 0.05) is 36.7 Å². The van der Waals surface area contributed by atoms with Crippen molar-refractivity contribution < 1.29 is 9.21 Å². The first-order valence-corrected chi connectivity index (χ1v) is 10.7. The Morgan fingerprint density at radius 1 is 1.24 bits per heavy atom. The third-order valence-electron chi connectivity index (χ3n) is 5.78. The molecule has 1 atom stereocenters. The molecule has 33 heavy (non-hydrogen) atoms. The van der Waals surface area contributed by atoms with Crippen LogP contribution in [0.5, 0.6) is 0 Å². The third kappa shape index (κ3) is 3.18. The van der Waals surface area contributed by atoms with Crippen LogP contribution < -0.4 is 0 Å². The Morgan fingerprint density at radius 2 is 2.15 bits per heavy atom. The lowest BCUT2D eigenvalue weighted by molar-refractivity contribution is 0.0646. The SMILES string of the molecule is Cc1ncccc1-c1nnc(C(=O)N2CCc3[nH]cnc3[C@@H]2c2cc3c(Cl)cccn3n2)o1.